The number of fused-ring (bicyclic) bond motifs is 1. The maximum atomic E-state index is 11.5. The second-order valence-electron chi connectivity index (χ2n) is 9.68. The average molecular weight is 489 g/mol. The highest BCUT2D eigenvalue weighted by atomic mass is 16.4. The average Bonchev–Trinajstić information content (AvgIpc) is 3.57. The molecule has 37 heavy (non-hydrogen) atoms. The molecule has 3 heterocycles. The minimum Gasteiger partial charge on any atom is -0.480 e. The second-order valence-corrected chi connectivity index (χ2v) is 9.68. The van der Waals surface area contributed by atoms with Crippen molar-refractivity contribution in [3.8, 4) is 33.6 Å². The van der Waals surface area contributed by atoms with Crippen molar-refractivity contribution in [2.24, 2.45) is 0 Å². The van der Waals surface area contributed by atoms with Crippen LogP contribution >= 0.6 is 0 Å². The molecule has 1 aliphatic heterocycles. The fraction of sp³-hybridized carbons (Fsp3) is 0.194. The van der Waals surface area contributed by atoms with Crippen LogP contribution in [0.1, 0.15) is 24.0 Å². The Bertz CT molecular complexity index is 1570. The minimum absolute atomic E-state index is 0.383. The highest BCUT2D eigenvalue weighted by Crippen LogP contribution is 2.32. The van der Waals surface area contributed by atoms with E-state index in [0.29, 0.717) is 6.54 Å². The summed E-state index contributed by atoms with van der Waals surface area (Å²) in [6, 6.07) is 28.9. The lowest BCUT2D eigenvalue weighted by molar-refractivity contribution is -0.142. The van der Waals surface area contributed by atoms with E-state index in [-0.39, 0.29) is 6.04 Å². The van der Waals surface area contributed by atoms with Gasteiger partial charge in [-0.2, -0.15) is 0 Å². The summed E-state index contributed by atoms with van der Waals surface area (Å²) < 4.78 is 2.01. The van der Waals surface area contributed by atoms with Crippen LogP contribution in [0.5, 0.6) is 0 Å². The van der Waals surface area contributed by atoms with Crippen molar-refractivity contribution in [3.05, 3.63) is 102 Å². The first-order chi connectivity index (χ1) is 18.1. The number of nitrogens with zero attached hydrogens (tertiary/aromatic N) is 4. The van der Waals surface area contributed by atoms with Gasteiger partial charge in [0, 0.05) is 18.3 Å². The van der Waals surface area contributed by atoms with Gasteiger partial charge in [-0.3, -0.25) is 14.1 Å². The van der Waals surface area contributed by atoms with Crippen LogP contribution in [0.3, 0.4) is 0 Å². The summed E-state index contributed by atoms with van der Waals surface area (Å²) in [5.41, 5.74) is 8.82. The van der Waals surface area contributed by atoms with Gasteiger partial charge in [0.1, 0.15) is 6.04 Å². The molecule has 0 radical (unpaired) electrons. The molecule has 6 heteroatoms. The number of carboxylic acids is 1. The van der Waals surface area contributed by atoms with Gasteiger partial charge >= 0.3 is 5.97 Å². The zero-order valence-electron chi connectivity index (χ0n) is 20.7. The summed E-state index contributed by atoms with van der Waals surface area (Å²) >= 11 is 0. The molecule has 0 unspecified atom stereocenters. The zero-order valence-corrected chi connectivity index (χ0v) is 20.7. The molecule has 5 aromatic rings. The SMILES string of the molecule is Cc1c(-c2ccccc2)cccc1-c1ccn2c(-c3ccc(CN4CCC[C@@H]4C(=O)O)cc3)nnc2c1. The molecule has 6 rings (SSSR count). The number of carboxylic acid groups (broad SMARTS) is 1. The van der Waals surface area contributed by atoms with Crippen molar-refractivity contribution in [1.82, 2.24) is 19.5 Å². The standard InChI is InChI=1S/C31H28N4O2/c1-21-26(23-7-3-2-4-8-23)9-5-10-27(21)25-16-18-35-29(19-25)32-33-30(35)24-14-12-22(13-15-24)20-34-17-6-11-28(34)31(36)37/h2-5,7-10,12-16,18-19,28H,6,11,17,20H2,1H3,(H,36,37)/t28-/m1/s1. The number of rotatable bonds is 6. The summed E-state index contributed by atoms with van der Waals surface area (Å²) in [4.78, 5) is 13.5. The summed E-state index contributed by atoms with van der Waals surface area (Å²) in [7, 11) is 0. The van der Waals surface area contributed by atoms with Gasteiger partial charge in [0.05, 0.1) is 0 Å². The zero-order chi connectivity index (χ0) is 25.4. The Morgan fingerprint density at radius 3 is 2.41 bits per heavy atom. The lowest BCUT2D eigenvalue weighted by Crippen LogP contribution is -2.35. The topological polar surface area (TPSA) is 70.7 Å². The van der Waals surface area contributed by atoms with Crippen molar-refractivity contribution in [3.63, 3.8) is 0 Å². The van der Waals surface area contributed by atoms with Gasteiger partial charge in [-0.05, 0) is 71.8 Å². The maximum Gasteiger partial charge on any atom is 0.320 e. The molecule has 1 fully saturated rings. The highest BCUT2D eigenvalue weighted by molar-refractivity contribution is 5.79. The summed E-state index contributed by atoms with van der Waals surface area (Å²) in [5, 5.41) is 18.4. The van der Waals surface area contributed by atoms with E-state index in [1.165, 1.54) is 22.3 Å². The first-order valence-electron chi connectivity index (χ1n) is 12.6. The van der Waals surface area contributed by atoms with Crippen LogP contribution in [0.4, 0.5) is 0 Å². The van der Waals surface area contributed by atoms with Crippen molar-refractivity contribution in [2.75, 3.05) is 6.54 Å². The Kier molecular flexibility index (Phi) is 6.02. The Morgan fingerprint density at radius 1 is 0.892 bits per heavy atom. The van der Waals surface area contributed by atoms with Gasteiger partial charge in [0.2, 0.25) is 0 Å². The molecule has 1 atom stereocenters. The molecule has 184 valence electrons. The van der Waals surface area contributed by atoms with Crippen LogP contribution in [0.25, 0.3) is 39.3 Å². The van der Waals surface area contributed by atoms with E-state index < -0.39 is 5.97 Å². The van der Waals surface area contributed by atoms with E-state index >= 15 is 0 Å². The largest absolute Gasteiger partial charge is 0.480 e. The third-order valence-corrected chi connectivity index (χ3v) is 7.39. The normalized spacial score (nSPS) is 15.9. The first kappa shape index (κ1) is 23.1. The van der Waals surface area contributed by atoms with Crippen molar-refractivity contribution < 1.29 is 9.90 Å². The number of benzene rings is 3. The van der Waals surface area contributed by atoms with Gasteiger partial charge in [-0.1, -0.05) is 72.8 Å². The van der Waals surface area contributed by atoms with E-state index in [9.17, 15) is 9.90 Å². The first-order valence-corrected chi connectivity index (χ1v) is 12.6. The van der Waals surface area contributed by atoms with Crippen LogP contribution in [0, 0.1) is 6.92 Å². The van der Waals surface area contributed by atoms with Gasteiger partial charge in [0.15, 0.2) is 11.5 Å². The van der Waals surface area contributed by atoms with Gasteiger partial charge in [-0.25, -0.2) is 0 Å². The third-order valence-electron chi connectivity index (χ3n) is 7.39. The van der Waals surface area contributed by atoms with Crippen molar-refractivity contribution >= 4 is 11.6 Å². The smallest absolute Gasteiger partial charge is 0.320 e. The number of aliphatic carboxylic acids is 1. The fourth-order valence-corrected chi connectivity index (χ4v) is 5.42. The van der Waals surface area contributed by atoms with Gasteiger partial charge < -0.3 is 5.11 Å². The molecule has 1 aliphatic rings. The molecule has 2 aromatic heterocycles. The number of likely N-dealkylation sites (tertiary alicyclic amines) is 1. The minimum atomic E-state index is -0.731. The molecular formula is C31H28N4O2. The van der Waals surface area contributed by atoms with E-state index in [4.69, 9.17) is 0 Å². The summed E-state index contributed by atoms with van der Waals surface area (Å²) in [6.45, 7) is 3.63. The lowest BCUT2D eigenvalue weighted by atomic mass is 9.93. The number of hydrogen-bond acceptors (Lipinski definition) is 4. The summed E-state index contributed by atoms with van der Waals surface area (Å²) in [5.74, 6) is 0.0536. The second kappa shape index (κ2) is 9.64. The Balaban J connectivity index is 1.27. The van der Waals surface area contributed by atoms with Gasteiger partial charge in [0.25, 0.3) is 0 Å². The Morgan fingerprint density at radius 2 is 1.65 bits per heavy atom. The fourth-order valence-electron chi connectivity index (χ4n) is 5.42. The Hall–Kier alpha value is -4.29. The lowest BCUT2D eigenvalue weighted by Gasteiger charge is -2.21. The molecule has 3 aromatic carbocycles. The molecule has 0 bridgehead atoms. The van der Waals surface area contributed by atoms with Crippen molar-refractivity contribution in [1.29, 1.82) is 0 Å². The van der Waals surface area contributed by atoms with E-state index in [0.717, 1.165) is 47.5 Å². The molecule has 0 aliphatic carbocycles. The van der Waals surface area contributed by atoms with Gasteiger partial charge in [-0.15, -0.1) is 10.2 Å². The third kappa shape index (κ3) is 4.41. The van der Waals surface area contributed by atoms with Crippen LogP contribution in [-0.4, -0.2) is 43.2 Å². The van der Waals surface area contributed by atoms with Crippen molar-refractivity contribution in [2.45, 2.75) is 32.4 Å². The number of carbonyl (C=O) groups is 1. The predicted molar refractivity (Wildman–Crippen MR) is 145 cm³/mol. The molecular weight excluding hydrogens is 460 g/mol. The molecule has 0 amide bonds. The van der Waals surface area contributed by atoms with Crippen LogP contribution in [0.2, 0.25) is 0 Å². The molecule has 1 N–H and O–H groups in total. The maximum absolute atomic E-state index is 11.5. The van der Waals surface area contributed by atoms with Crippen LogP contribution < -0.4 is 0 Å². The molecule has 1 saturated heterocycles. The van der Waals surface area contributed by atoms with Crippen LogP contribution in [-0.2, 0) is 11.3 Å². The monoisotopic (exact) mass is 488 g/mol. The van der Waals surface area contributed by atoms with E-state index in [1.807, 2.05) is 33.7 Å². The predicted octanol–water partition coefficient (Wildman–Crippen LogP) is 6.09. The molecule has 0 spiro atoms. The number of hydrogen-bond donors (Lipinski definition) is 1. The number of aromatic nitrogens is 3. The highest BCUT2D eigenvalue weighted by Gasteiger charge is 2.30. The summed E-state index contributed by atoms with van der Waals surface area (Å²) in [6.07, 6.45) is 3.68. The Labute approximate surface area is 215 Å². The number of pyridine rings is 1. The van der Waals surface area contributed by atoms with E-state index in [1.54, 1.807) is 0 Å². The van der Waals surface area contributed by atoms with E-state index in [2.05, 4.69) is 83.9 Å². The van der Waals surface area contributed by atoms with Crippen LogP contribution in [0.15, 0.2) is 91.1 Å². The molecule has 0 saturated carbocycles. The molecule has 6 nitrogen and oxygen atoms in total. The quantitative estimate of drug-likeness (QED) is 0.313.